The summed E-state index contributed by atoms with van der Waals surface area (Å²) in [6.07, 6.45) is 8.80. The SMILES string of the molecule is c1cn(CCNc2ccc3nccnc3n2)cn1. The molecule has 0 saturated carbocycles. The molecule has 6 nitrogen and oxygen atoms in total. The third kappa shape index (κ3) is 2.27. The van der Waals surface area contributed by atoms with Gasteiger partial charge < -0.3 is 9.88 Å². The largest absolute Gasteiger partial charge is 0.368 e. The van der Waals surface area contributed by atoms with Crippen LogP contribution >= 0.6 is 0 Å². The quantitative estimate of drug-likeness (QED) is 0.745. The van der Waals surface area contributed by atoms with Gasteiger partial charge in [-0.15, -0.1) is 0 Å². The lowest BCUT2D eigenvalue weighted by Crippen LogP contribution is -2.10. The van der Waals surface area contributed by atoms with Gasteiger partial charge in [-0.1, -0.05) is 0 Å². The standard InChI is InChI=1S/C12H12N6/c1-2-11(15-6-8-18-7-5-13-9-18)17-12-10(1)14-3-4-16-12/h1-5,7,9H,6,8H2,(H,15,16,17). The molecule has 1 N–H and O–H groups in total. The second-order valence-electron chi connectivity index (χ2n) is 3.82. The van der Waals surface area contributed by atoms with Crippen molar-refractivity contribution >= 4 is 17.0 Å². The second-order valence-corrected chi connectivity index (χ2v) is 3.82. The lowest BCUT2D eigenvalue weighted by Gasteiger charge is -2.06. The topological polar surface area (TPSA) is 68.5 Å². The predicted octanol–water partition coefficient (Wildman–Crippen LogP) is 1.33. The molecular formula is C12H12N6. The summed E-state index contributed by atoms with van der Waals surface area (Å²) < 4.78 is 2.01. The van der Waals surface area contributed by atoms with Crippen molar-refractivity contribution in [3.63, 3.8) is 0 Å². The van der Waals surface area contributed by atoms with E-state index in [4.69, 9.17) is 0 Å². The third-order valence-corrected chi connectivity index (χ3v) is 2.57. The molecule has 0 fully saturated rings. The van der Waals surface area contributed by atoms with Crippen molar-refractivity contribution < 1.29 is 0 Å². The zero-order valence-corrected chi connectivity index (χ0v) is 9.69. The van der Waals surface area contributed by atoms with E-state index in [0.717, 1.165) is 24.4 Å². The van der Waals surface area contributed by atoms with Crippen molar-refractivity contribution in [2.75, 3.05) is 11.9 Å². The van der Waals surface area contributed by atoms with Crippen molar-refractivity contribution in [1.29, 1.82) is 0 Å². The fourth-order valence-electron chi connectivity index (χ4n) is 1.68. The van der Waals surface area contributed by atoms with Gasteiger partial charge in [-0.3, -0.25) is 4.98 Å². The molecule has 0 radical (unpaired) electrons. The zero-order chi connectivity index (χ0) is 12.2. The molecule has 90 valence electrons. The van der Waals surface area contributed by atoms with Crippen molar-refractivity contribution in [2.45, 2.75) is 6.54 Å². The maximum absolute atomic E-state index is 4.38. The van der Waals surface area contributed by atoms with Crippen LogP contribution in [0, 0.1) is 0 Å². The fraction of sp³-hybridized carbons (Fsp3) is 0.167. The van der Waals surface area contributed by atoms with Gasteiger partial charge in [0.15, 0.2) is 5.65 Å². The molecule has 18 heavy (non-hydrogen) atoms. The number of nitrogens with zero attached hydrogens (tertiary/aromatic N) is 5. The van der Waals surface area contributed by atoms with E-state index < -0.39 is 0 Å². The number of aromatic nitrogens is 5. The molecule has 0 bridgehead atoms. The first-order valence-corrected chi connectivity index (χ1v) is 5.69. The average Bonchev–Trinajstić information content (AvgIpc) is 2.92. The molecule has 0 amide bonds. The maximum Gasteiger partial charge on any atom is 0.180 e. The third-order valence-electron chi connectivity index (χ3n) is 2.57. The Hall–Kier alpha value is -2.50. The van der Waals surface area contributed by atoms with Crippen LogP contribution in [0.15, 0.2) is 43.2 Å². The van der Waals surface area contributed by atoms with E-state index >= 15 is 0 Å². The first kappa shape index (κ1) is 10.6. The Labute approximate surface area is 104 Å². The molecule has 0 aliphatic rings. The van der Waals surface area contributed by atoms with Gasteiger partial charge >= 0.3 is 0 Å². The Balaban J connectivity index is 1.67. The highest BCUT2D eigenvalue weighted by molar-refractivity contribution is 5.71. The van der Waals surface area contributed by atoms with Gasteiger partial charge in [0.2, 0.25) is 0 Å². The van der Waals surface area contributed by atoms with Crippen LogP contribution in [0.2, 0.25) is 0 Å². The summed E-state index contributed by atoms with van der Waals surface area (Å²) >= 11 is 0. The minimum absolute atomic E-state index is 0.658. The molecule has 0 aliphatic heterocycles. The van der Waals surface area contributed by atoms with Crippen molar-refractivity contribution in [3.8, 4) is 0 Å². The molecule has 0 spiro atoms. The molecule has 3 aromatic heterocycles. The van der Waals surface area contributed by atoms with Gasteiger partial charge in [0, 0.05) is 37.9 Å². The molecule has 3 heterocycles. The average molecular weight is 240 g/mol. The predicted molar refractivity (Wildman–Crippen MR) is 68.0 cm³/mol. The number of hydrogen-bond donors (Lipinski definition) is 1. The van der Waals surface area contributed by atoms with E-state index in [9.17, 15) is 0 Å². The number of nitrogens with one attached hydrogen (secondary N) is 1. The Bertz CT molecular complexity index is 634. The highest BCUT2D eigenvalue weighted by Crippen LogP contribution is 2.09. The van der Waals surface area contributed by atoms with Gasteiger partial charge in [-0.25, -0.2) is 15.0 Å². The van der Waals surface area contributed by atoms with E-state index in [1.807, 2.05) is 22.9 Å². The molecule has 3 aromatic rings. The summed E-state index contributed by atoms with van der Waals surface area (Å²) in [4.78, 5) is 16.7. The zero-order valence-electron chi connectivity index (χ0n) is 9.69. The highest BCUT2D eigenvalue weighted by Gasteiger charge is 1.99. The summed E-state index contributed by atoms with van der Waals surface area (Å²) in [6, 6.07) is 3.82. The fourth-order valence-corrected chi connectivity index (χ4v) is 1.68. The van der Waals surface area contributed by atoms with Crippen LogP contribution in [0.25, 0.3) is 11.2 Å². The molecule has 0 atom stereocenters. The molecule has 6 heteroatoms. The first-order valence-electron chi connectivity index (χ1n) is 5.69. The van der Waals surface area contributed by atoms with E-state index in [-0.39, 0.29) is 0 Å². The van der Waals surface area contributed by atoms with Crippen LogP contribution in [-0.2, 0) is 6.54 Å². The number of pyridine rings is 1. The smallest absolute Gasteiger partial charge is 0.180 e. The Morgan fingerprint density at radius 2 is 2.06 bits per heavy atom. The molecule has 0 unspecified atom stereocenters. The van der Waals surface area contributed by atoms with E-state index in [0.29, 0.717) is 5.65 Å². The van der Waals surface area contributed by atoms with Crippen molar-refractivity contribution in [2.24, 2.45) is 0 Å². The summed E-state index contributed by atoms with van der Waals surface area (Å²) in [7, 11) is 0. The Morgan fingerprint density at radius 1 is 1.11 bits per heavy atom. The molecular weight excluding hydrogens is 228 g/mol. The van der Waals surface area contributed by atoms with Crippen LogP contribution in [0.4, 0.5) is 5.82 Å². The van der Waals surface area contributed by atoms with Crippen LogP contribution in [0.3, 0.4) is 0 Å². The minimum Gasteiger partial charge on any atom is -0.368 e. The number of rotatable bonds is 4. The number of imidazole rings is 1. The summed E-state index contributed by atoms with van der Waals surface area (Å²) in [5.41, 5.74) is 1.46. The van der Waals surface area contributed by atoms with Gasteiger partial charge in [0.25, 0.3) is 0 Å². The maximum atomic E-state index is 4.38. The lowest BCUT2D eigenvalue weighted by molar-refractivity contribution is 0.725. The summed E-state index contributed by atoms with van der Waals surface area (Å²) in [5.74, 6) is 0.808. The summed E-state index contributed by atoms with van der Waals surface area (Å²) in [5, 5.41) is 3.25. The molecule has 0 aromatic carbocycles. The van der Waals surface area contributed by atoms with Crippen molar-refractivity contribution in [3.05, 3.63) is 43.2 Å². The van der Waals surface area contributed by atoms with Crippen molar-refractivity contribution in [1.82, 2.24) is 24.5 Å². The lowest BCUT2D eigenvalue weighted by atomic mass is 10.4. The minimum atomic E-state index is 0.658. The number of hydrogen-bond acceptors (Lipinski definition) is 5. The van der Waals surface area contributed by atoms with Crippen LogP contribution in [-0.4, -0.2) is 31.0 Å². The summed E-state index contributed by atoms with van der Waals surface area (Å²) in [6.45, 7) is 1.63. The van der Waals surface area contributed by atoms with Gasteiger partial charge in [-0.05, 0) is 12.1 Å². The highest BCUT2D eigenvalue weighted by atomic mass is 15.1. The molecule has 3 rings (SSSR count). The second kappa shape index (κ2) is 4.79. The van der Waals surface area contributed by atoms with Crippen LogP contribution < -0.4 is 5.32 Å². The molecule has 0 aliphatic carbocycles. The van der Waals surface area contributed by atoms with Crippen LogP contribution in [0.1, 0.15) is 0 Å². The normalized spacial score (nSPS) is 10.7. The number of fused-ring (bicyclic) bond motifs is 1. The first-order chi connectivity index (χ1) is 8.92. The monoisotopic (exact) mass is 240 g/mol. The van der Waals surface area contributed by atoms with E-state index in [1.54, 1.807) is 24.9 Å². The Kier molecular flexibility index (Phi) is 2.83. The number of anilines is 1. The van der Waals surface area contributed by atoms with Gasteiger partial charge in [-0.2, -0.15) is 0 Å². The van der Waals surface area contributed by atoms with Gasteiger partial charge in [0.05, 0.1) is 6.33 Å². The van der Waals surface area contributed by atoms with Gasteiger partial charge in [0.1, 0.15) is 11.3 Å². The molecule has 0 saturated heterocycles. The van der Waals surface area contributed by atoms with Crippen LogP contribution in [0.5, 0.6) is 0 Å². The van der Waals surface area contributed by atoms with E-state index in [2.05, 4.69) is 25.3 Å². The van der Waals surface area contributed by atoms with E-state index in [1.165, 1.54) is 0 Å². The Morgan fingerprint density at radius 3 is 2.94 bits per heavy atom.